The molecule has 0 aliphatic heterocycles. The highest BCUT2D eigenvalue weighted by molar-refractivity contribution is 6.30. The van der Waals surface area contributed by atoms with Gasteiger partial charge in [0.05, 0.1) is 6.10 Å². The van der Waals surface area contributed by atoms with Crippen molar-refractivity contribution >= 4 is 11.6 Å². The first-order chi connectivity index (χ1) is 5.74. The summed E-state index contributed by atoms with van der Waals surface area (Å²) in [6.45, 7) is 0. The van der Waals surface area contributed by atoms with Crippen LogP contribution in [-0.2, 0) is 0 Å². The Morgan fingerprint density at radius 1 is 1.42 bits per heavy atom. The number of aliphatic hydroxyl groups excluding tert-OH is 1. The molecule has 0 aliphatic rings. The molecule has 12 heavy (non-hydrogen) atoms. The summed E-state index contributed by atoms with van der Waals surface area (Å²) in [5.41, 5.74) is 0.803. The standard InChI is InChI=1S/C10H9ClO/c1-2-3-10(12)8-4-6-9(11)7-5-8/h1,4-7,10,12H,3H2. The summed E-state index contributed by atoms with van der Waals surface area (Å²) in [6, 6.07) is 7.00. The Balaban J connectivity index is 2.76. The van der Waals surface area contributed by atoms with Gasteiger partial charge in [0.2, 0.25) is 0 Å². The predicted molar refractivity (Wildman–Crippen MR) is 49.9 cm³/mol. The average molecular weight is 181 g/mol. The summed E-state index contributed by atoms with van der Waals surface area (Å²) in [5, 5.41) is 10.1. The third-order valence-corrected chi connectivity index (χ3v) is 1.82. The first-order valence-corrected chi connectivity index (χ1v) is 3.99. The zero-order valence-electron chi connectivity index (χ0n) is 6.50. The van der Waals surface area contributed by atoms with E-state index >= 15 is 0 Å². The molecule has 0 saturated heterocycles. The minimum atomic E-state index is -0.577. The third-order valence-electron chi connectivity index (χ3n) is 1.57. The van der Waals surface area contributed by atoms with Crippen molar-refractivity contribution in [1.82, 2.24) is 0 Å². The highest BCUT2D eigenvalue weighted by atomic mass is 35.5. The maximum atomic E-state index is 9.43. The van der Waals surface area contributed by atoms with Crippen LogP contribution in [0.1, 0.15) is 18.1 Å². The van der Waals surface area contributed by atoms with E-state index in [1.165, 1.54) is 0 Å². The predicted octanol–water partition coefficient (Wildman–Crippen LogP) is 2.40. The molecule has 0 aliphatic carbocycles. The van der Waals surface area contributed by atoms with E-state index in [0.29, 0.717) is 11.4 Å². The van der Waals surface area contributed by atoms with Crippen LogP contribution in [0.5, 0.6) is 0 Å². The van der Waals surface area contributed by atoms with Crippen LogP contribution >= 0.6 is 11.6 Å². The van der Waals surface area contributed by atoms with E-state index in [2.05, 4.69) is 5.92 Å². The Morgan fingerprint density at radius 3 is 2.50 bits per heavy atom. The number of hydrogen-bond donors (Lipinski definition) is 1. The Kier molecular flexibility index (Phi) is 3.16. The first kappa shape index (κ1) is 9.12. The molecule has 1 aromatic carbocycles. The zero-order chi connectivity index (χ0) is 8.97. The Morgan fingerprint density at radius 2 is 2.00 bits per heavy atom. The van der Waals surface area contributed by atoms with Crippen LogP contribution in [0.4, 0.5) is 0 Å². The van der Waals surface area contributed by atoms with Gasteiger partial charge in [-0.2, -0.15) is 0 Å². The molecule has 1 atom stereocenters. The fourth-order valence-electron chi connectivity index (χ4n) is 0.914. The number of aliphatic hydroxyl groups is 1. The highest BCUT2D eigenvalue weighted by Gasteiger charge is 2.04. The molecule has 0 saturated carbocycles. The molecule has 0 bridgehead atoms. The number of hydrogen-bond acceptors (Lipinski definition) is 1. The molecule has 2 heteroatoms. The van der Waals surface area contributed by atoms with Crippen LogP contribution < -0.4 is 0 Å². The number of halogens is 1. The molecule has 62 valence electrons. The van der Waals surface area contributed by atoms with E-state index in [0.717, 1.165) is 5.56 Å². The maximum absolute atomic E-state index is 9.43. The fourth-order valence-corrected chi connectivity index (χ4v) is 1.04. The lowest BCUT2D eigenvalue weighted by Gasteiger charge is -2.06. The van der Waals surface area contributed by atoms with Crippen LogP contribution in [0.3, 0.4) is 0 Å². The molecular formula is C10H9ClO. The fraction of sp³-hybridized carbons (Fsp3) is 0.200. The van der Waals surface area contributed by atoms with Crippen molar-refractivity contribution in [2.24, 2.45) is 0 Å². The van der Waals surface area contributed by atoms with Gasteiger partial charge in [0.1, 0.15) is 0 Å². The first-order valence-electron chi connectivity index (χ1n) is 3.61. The second-order valence-electron chi connectivity index (χ2n) is 2.48. The van der Waals surface area contributed by atoms with Gasteiger partial charge in [-0.05, 0) is 17.7 Å². The van der Waals surface area contributed by atoms with Gasteiger partial charge in [-0.15, -0.1) is 12.3 Å². The van der Waals surface area contributed by atoms with Crippen molar-refractivity contribution in [3.63, 3.8) is 0 Å². The molecular weight excluding hydrogens is 172 g/mol. The van der Waals surface area contributed by atoms with Crippen molar-refractivity contribution in [3.05, 3.63) is 34.9 Å². The molecule has 0 heterocycles. The Labute approximate surface area is 77.0 Å². The molecule has 1 unspecified atom stereocenters. The minimum absolute atomic E-state index is 0.335. The largest absolute Gasteiger partial charge is 0.387 e. The van der Waals surface area contributed by atoms with E-state index in [9.17, 15) is 5.11 Å². The molecule has 0 fully saturated rings. The van der Waals surface area contributed by atoms with Crippen molar-refractivity contribution in [3.8, 4) is 12.3 Å². The quantitative estimate of drug-likeness (QED) is 0.693. The van der Waals surface area contributed by atoms with Gasteiger partial charge in [0.15, 0.2) is 0 Å². The smallest absolute Gasteiger partial charge is 0.0899 e. The molecule has 1 nitrogen and oxygen atoms in total. The molecule has 1 aromatic rings. The van der Waals surface area contributed by atoms with Gasteiger partial charge < -0.3 is 5.11 Å². The monoisotopic (exact) mass is 180 g/mol. The normalized spacial score (nSPS) is 12.1. The Bertz CT molecular complexity index is 284. The van der Waals surface area contributed by atoms with E-state index in [4.69, 9.17) is 18.0 Å². The second kappa shape index (κ2) is 4.15. The van der Waals surface area contributed by atoms with Crippen molar-refractivity contribution in [1.29, 1.82) is 0 Å². The van der Waals surface area contributed by atoms with E-state index in [1.54, 1.807) is 24.3 Å². The van der Waals surface area contributed by atoms with E-state index < -0.39 is 6.10 Å². The molecule has 0 aromatic heterocycles. The van der Waals surface area contributed by atoms with Crippen molar-refractivity contribution in [2.75, 3.05) is 0 Å². The minimum Gasteiger partial charge on any atom is -0.387 e. The van der Waals surface area contributed by atoms with Gasteiger partial charge >= 0.3 is 0 Å². The second-order valence-corrected chi connectivity index (χ2v) is 2.91. The SMILES string of the molecule is C#CCC(O)c1ccc(Cl)cc1. The molecule has 1 rings (SSSR count). The number of rotatable bonds is 2. The summed E-state index contributed by atoms with van der Waals surface area (Å²) in [4.78, 5) is 0. The molecule has 0 spiro atoms. The molecule has 1 N–H and O–H groups in total. The number of benzene rings is 1. The van der Waals surface area contributed by atoms with Crippen LogP contribution in [0.2, 0.25) is 5.02 Å². The lowest BCUT2D eigenvalue weighted by atomic mass is 10.1. The molecule has 0 amide bonds. The van der Waals surface area contributed by atoms with Crippen LogP contribution in [-0.4, -0.2) is 5.11 Å². The van der Waals surface area contributed by atoms with Gasteiger partial charge in [0, 0.05) is 11.4 Å². The van der Waals surface area contributed by atoms with Gasteiger partial charge in [-0.3, -0.25) is 0 Å². The van der Waals surface area contributed by atoms with E-state index in [1.807, 2.05) is 0 Å². The van der Waals surface area contributed by atoms with Gasteiger partial charge in [-0.25, -0.2) is 0 Å². The summed E-state index contributed by atoms with van der Waals surface area (Å²) >= 11 is 5.67. The van der Waals surface area contributed by atoms with Gasteiger partial charge in [-0.1, -0.05) is 23.7 Å². The number of terminal acetylenes is 1. The summed E-state index contributed by atoms with van der Waals surface area (Å²) < 4.78 is 0. The third kappa shape index (κ3) is 2.27. The zero-order valence-corrected chi connectivity index (χ0v) is 7.25. The highest BCUT2D eigenvalue weighted by Crippen LogP contribution is 2.18. The summed E-state index contributed by atoms with van der Waals surface area (Å²) in [7, 11) is 0. The summed E-state index contributed by atoms with van der Waals surface area (Å²) in [5.74, 6) is 2.40. The van der Waals surface area contributed by atoms with E-state index in [-0.39, 0.29) is 0 Å². The maximum Gasteiger partial charge on any atom is 0.0899 e. The Hall–Kier alpha value is -0.970. The van der Waals surface area contributed by atoms with Crippen molar-refractivity contribution < 1.29 is 5.11 Å². The molecule has 0 radical (unpaired) electrons. The lowest BCUT2D eigenvalue weighted by molar-refractivity contribution is 0.184. The van der Waals surface area contributed by atoms with Crippen LogP contribution in [0.15, 0.2) is 24.3 Å². The van der Waals surface area contributed by atoms with Crippen LogP contribution in [0, 0.1) is 12.3 Å². The topological polar surface area (TPSA) is 20.2 Å². The van der Waals surface area contributed by atoms with Gasteiger partial charge in [0.25, 0.3) is 0 Å². The van der Waals surface area contributed by atoms with Crippen LogP contribution in [0.25, 0.3) is 0 Å². The average Bonchev–Trinajstić information content (AvgIpc) is 2.06. The summed E-state index contributed by atoms with van der Waals surface area (Å²) in [6.07, 6.45) is 4.82. The lowest BCUT2D eigenvalue weighted by Crippen LogP contribution is -1.94. The van der Waals surface area contributed by atoms with Crippen molar-refractivity contribution in [2.45, 2.75) is 12.5 Å².